The molecular formula is C23H20F3N3O4. The molecular weight excluding hydrogens is 439 g/mol. The molecule has 7 nitrogen and oxygen atoms in total. The van der Waals surface area contributed by atoms with Crippen LogP contribution in [0.2, 0.25) is 0 Å². The van der Waals surface area contributed by atoms with E-state index in [-0.39, 0.29) is 30.3 Å². The Hall–Kier alpha value is -3.40. The topological polar surface area (TPSA) is 77.7 Å². The van der Waals surface area contributed by atoms with E-state index < -0.39 is 12.1 Å². The first-order valence-electron chi connectivity index (χ1n) is 10.5. The molecule has 0 N–H and O–H groups in total. The molecule has 0 spiro atoms. The van der Waals surface area contributed by atoms with E-state index in [4.69, 9.17) is 9.47 Å². The molecule has 0 saturated carbocycles. The number of nitrogens with zero attached hydrogens (tertiary/aromatic N) is 3. The van der Waals surface area contributed by atoms with Crippen molar-refractivity contribution in [1.82, 2.24) is 15.0 Å². The van der Waals surface area contributed by atoms with Crippen molar-refractivity contribution in [2.24, 2.45) is 5.92 Å². The number of carbonyl (C=O) groups excluding carboxylic acids is 1. The van der Waals surface area contributed by atoms with Gasteiger partial charge in [-0.25, -0.2) is 0 Å². The third-order valence-corrected chi connectivity index (χ3v) is 5.85. The maximum absolute atomic E-state index is 13.4. The quantitative estimate of drug-likeness (QED) is 0.583. The minimum Gasteiger partial charge on any atom is -0.491 e. The Morgan fingerprint density at radius 1 is 1.09 bits per heavy atom. The van der Waals surface area contributed by atoms with Gasteiger partial charge in [0.25, 0.3) is 0 Å². The molecule has 0 bridgehead atoms. The molecule has 2 atom stereocenters. The van der Waals surface area contributed by atoms with Crippen LogP contribution < -0.4 is 4.74 Å². The monoisotopic (exact) mass is 459 g/mol. The van der Waals surface area contributed by atoms with E-state index >= 15 is 0 Å². The molecule has 1 aromatic heterocycles. The van der Waals surface area contributed by atoms with Crippen molar-refractivity contribution < 1.29 is 32.0 Å². The van der Waals surface area contributed by atoms with Gasteiger partial charge in [0.15, 0.2) is 0 Å². The summed E-state index contributed by atoms with van der Waals surface area (Å²) < 4.78 is 54.3. The van der Waals surface area contributed by atoms with Crippen LogP contribution in [0.25, 0.3) is 11.4 Å². The number of carbonyl (C=O) groups is 1. The van der Waals surface area contributed by atoms with E-state index in [1.54, 1.807) is 23.1 Å². The lowest BCUT2D eigenvalue weighted by atomic mass is 10.0. The zero-order valence-corrected chi connectivity index (χ0v) is 17.4. The summed E-state index contributed by atoms with van der Waals surface area (Å²) in [5.74, 6) is -1.35. The second-order valence-electron chi connectivity index (χ2n) is 8.01. The van der Waals surface area contributed by atoms with Crippen molar-refractivity contribution in [3.63, 3.8) is 0 Å². The van der Waals surface area contributed by atoms with Gasteiger partial charge in [-0.2, -0.15) is 18.2 Å². The van der Waals surface area contributed by atoms with E-state index in [1.165, 1.54) is 0 Å². The Morgan fingerprint density at radius 3 is 2.61 bits per heavy atom. The molecule has 33 heavy (non-hydrogen) atoms. The Kier molecular flexibility index (Phi) is 5.53. The summed E-state index contributed by atoms with van der Waals surface area (Å²) in [6, 6.07) is 14.2. The van der Waals surface area contributed by atoms with E-state index in [9.17, 15) is 18.0 Å². The van der Waals surface area contributed by atoms with Crippen LogP contribution in [0.15, 0.2) is 53.1 Å². The molecule has 0 aliphatic carbocycles. The standard InChI is InChI=1S/C23H20F3N3O4/c24-23(25,26)22-27-20(28-33-22)15-6-7-16-11-29(21(30)17-8-9-31-12-17)18(13-32-19(16)10-15)14-4-2-1-3-5-14/h1-7,10,17-18H,8-9,11-13H2. The highest BCUT2D eigenvalue weighted by Crippen LogP contribution is 2.36. The molecule has 172 valence electrons. The van der Waals surface area contributed by atoms with Crippen LogP contribution in [0.1, 0.15) is 29.5 Å². The van der Waals surface area contributed by atoms with Crippen molar-refractivity contribution in [2.45, 2.75) is 25.2 Å². The average molecular weight is 459 g/mol. The maximum atomic E-state index is 13.4. The minimum absolute atomic E-state index is 0.00475. The molecule has 5 rings (SSSR count). The van der Waals surface area contributed by atoms with E-state index in [2.05, 4.69) is 14.7 Å². The van der Waals surface area contributed by atoms with Crippen LogP contribution in [0.5, 0.6) is 5.75 Å². The Balaban J connectivity index is 1.47. The lowest BCUT2D eigenvalue weighted by molar-refractivity contribution is -0.159. The number of amides is 1. The number of rotatable bonds is 3. The summed E-state index contributed by atoms with van der Waals surface area (Å²) in [6.45, 7) is 1.44. The number of hydrogen-bond donors (Lipinski definition) is 0. The predicted octanol–water partition coefficient (Wildman–Crippen LogP) is 4.25. The Morgan fingerprint density at radius 2 is 1.91 bits per heavy atom. The fourth-order valence-corrected chi connectivity index (χ4v) is 4.11. The van der Waals surface area contributed by atoms with Crippen LogP contribution in [0.3, 0.4) is 0 Å². The lowest BCUT2D eigenvalue weighted by Gasteiger charge is -2.31. The van der Waals surface area contributed by atoms with Crippen LogP contribution >= 0.6 is 0 Å². The summed E-state index contributed by atoms with van der Waals surface area (Å²) in [6.07, 6.45) is -4.05. The number of halogens is 3. The van der Waals surface area contributed by atoms with Gasteiger partial charge in [0.05, 0.1) is 25.1 Å². The highest BCUT2D eigenvalue weighted by Gasteiger charge is 2.39. The highest BCUT2D eigenvalue weighted by molar-refractivity contribution is 5.80. The molecule has 3 heterocycles. The smallest absolute Gasteiger partial charge is 0.471 e. The zero-order chi connectivity index (χ0) is 23.0. The summed E-state index contributed by atoms with van der Waals surface area (Å²) in [5.41, 5.74) is 2.00. The lowest BCUT2D eigenvalue weighted by Crippen LogP contribution is -2.40. The molecule has 1 amide bonds. The van der Waals surface area contributed by atoms with Gasteiger partial charge in [0.1, 0.15) is 12.4 Å². The molecule has 1 saturated heterocycles. The fraction of sp³-hybridized carbons (Fsp3) is 0.348. The van der Waals surface area contributed by atoms with Crippen molar-refractivity contribution in [2.75, 3.05) is 19.8 Å². The fourth-order valence-electron chi connectivity index (χ4n) is 4.11. The first-order valence-corrected chi connectivity index (χ1v) is 10.5. The second-order valence-corrected chi connectivity index (χ2v) is 8.01. The third-order valence-electron chi connectivity index (χ3n) is 5.85. The van der Waals surface area contributed by atoms with Crippen molar-refractivity contribution in [3.05, 3.63) is 65.5 Å². The molecule has 2 unspecified atom stereocenters. The van der Waals surface area contributed by atoms with Gasteiger partial charge in [0, 0.05) is 17.7 Å². The molecule has 0 radical (unpaired) electrons. The molecule has 2 aliphatic rings. The molecule has 2 aliphatic heterocycles. The normalized spacial score (nSPS) is 20.8. The summed E-state index contributed by atoms with van der Waals surface area (Å²) in [7, 11) is 0. The van der Waals surface area contributed by atoms with Gasteiger partial charge < -0.3 is 18.9 Å². The van der Waals surface area contributed by atoms with Gasteiger partial charge >= 0.3 is 12.1 Å². The van der Waals surface area contributed by atoms with E-state index in [1.807, 2.05) is 30.3 Å². The summed E-state index contributed by atoms with van der Waals surface area (Å²) in [5, 5.41) is 3.44. The number of benzene rings is 2. The van der Waals surface area contributed by atoms with E-state index in [0.717, 1.165) is 11.1 Å². The highest BCUT2D eigenvalue weighted by atomic mass is 19.4. The van der Waals surface area contributed by atoms with Gasteiger partial charge in [-0.1, -0.05) is 47.6 Å². The number of alkyl halides is 3. The first-order chi connectivity index (χ1) is 15.9. The number of ether oxygens (including phenoxy) is 2. The second kappa shape index (κ2) is 8.51. The van der Waals surface area contributed by atoms with Crippen molar-refractivity contribution in [3.8, 4) is 17.1 Å². The Labute approximate surface area is 187 Å². The van der Waals surface area contributed by atoms with Crippen LogP contribution in [0, 0.1) is 5.92 Å². The average Bonchev–Trinajstić information content (AvgIpc) is 3.48. The molecule has 1 fully saturated rings. The predicted molar refractivity (Wildman–Crippen MR) is 109 cm³/mol. The van der Waals surface area contributed by atoms with Gasteiger partial charge in [-0.15, -0.1) is 0 Å². The van der Waals surface area contributed by atoms with Crippen molar-refractivity contribution in [1.29, 1.82) is 0 Å². The van der Waals surface area contributed by atoms with Gasteiger partial charge in [-0.05, 0) is 18.1 Å². The third kappa shape index (κ3) is 4.30. The number of aromatic nitrogens is 2. The maximum Gasteiger partial charge on any atom is 0.471 e. The molecule has 10 heteroatoms. The first kappa shape index (κ1) is 21.4. The number of fused-ring (bicyclic) bond motifs is 1. The van der Waals surface area contributed by atoms with Crippen molar-refractivity contribution >= 4 is 5.91 Å². The van der Waals surface area contributed by atoms with Crippen LogP contribution in [-0.2, 0) is 22.3 Å². The largest absolute Gasteiger partial charge is 0.491 e. The number of hydrogen-bond acceptors (Lipinski definition) is 6. The van der Waals surface area contributed by atoms with Crippen LogP contribution in [0.4, 0.5) is 13.2 Å². The van der Waals surface area contributed by atoms with E-state index in [0.29, 0.717) is 37.5 Å². The zero-order valence-electron chi connectivity index (χ0n) is 17.4. The molecule has 3 aromatic rings. The molecule has 2 aromatic carbocycles. The summed E-state index contributed by atoms with van der Waals surface area (Å²) >= 11 is 0. The summed E-state index contributed by atoms with van der Waals surface area (Å²) in [4.78, 5) is 18.6. The Bertz CT molecular complexity index is 1140. The SMILES string of the molecule is O=C(C1CCOC1)N1Cc2ccc(-c3noc(C(F)(F)F)n3)cc2OCC1c1ccccc1. The van der Waals surface area contributed by atoms with Gasteiger partial charge in [0.2, 0.25) is 11.7 Å². The van der Waals surface area contributed by atoms with Crippen LogP contribution in [-0.4, -0.2) is 40.8 Å². The minimum atomic E-state index is -4.72. The van der Waals surface area contributed by atoms with Gasteiger partial charge in [-0.3, -0.25) is 4.79 Å².